The Balaban J connectivity index is 1.98. The van der Waals surface area contributed by atoms with E-state index in [0.29, 0.717) is 22.3 Å². The molecular weight excluding hydrogens is 364 g/mol. The molecule has 4 nitrogen and oxygen atoms in total. The van der Waals surface area contributed by atoms with Crippen LogP contribution in [-0.2, 0) is 0 Å². The number of hydrogen-bond acceptors (Lipinski definition) is 4. The third-order valence-corrected chi connectivity index (χ3v) is 3.99. The Bertz CT molecular complexity index is 1080. The number of benzene rings is 3. The zero-order valence-corrected chi connectivity index (χ0v) is 16.2. The zero-order chi connectivity index (χ0) is 20.9. The van der Waals surface area contributed by atoms with Gasteiger partial charge in [-0.25, -0.2) is 4.79 Å². The minimum absolute atomic E-state index is 0.169. The molecule has 3 aromatic rings. The quantitative estimate of drug-likeness (QED) is 0.316. The van der Waals surface area contributed by atoms with E-state index in [1.807, 2.05) is 6.07 Å². The van der Waals surface area contributed by atoms with Crippen LogP contribution in [0.5, 0.6) is 5.75 Å². The number of carbonyl (C=O) groups is 2. The first-order valence-corrected chi connectivity index (χ1v) is 9.10. The highest BCUT2D eigenvalue weighted by atomic mass is 16.5. The van der Waals surface area contributed by atoms with Crippen LogP contribution in [-0.4, -0.2) is 22.5 Å². The molecule has 0 aliphatic carbocycles. The van der Waals surface area contributed by atoms with E-state index in [1.165, 1.54) is 0 Å². The first-order valence-electron chi connectivity index (χ1n) is 9.10. The molecule has 0 unspecified atom stereocenters. The highest BCUT2D eigenvalue weighted by Gasteiger charge is 2.15. The third kappa shape index (κ3) is 5.41. The minimum Gasteiger partial charge on any atom is -0.422 e. The lowest BCUT2D eigenvalue weighted by molar-refractivity contribution is 0.0734. The average molecular weight is 384 g/mol. The maximum atomic E-state index is 12.7. The monoisotopic (exact) mass is 384 g/mol. The molecule has 0 bridgehead atoms. The Kier molecular flexibility index (Phi) is 5.92. The smallest absolute Gasteiger partial charge is 0.343 e. The molecule has 4 heteroatoms. The maximum Gasteiger partial charge on any atom is 0.343 e. The van der Waals surface area contributed by atoms with Crippen molar-refractivity contribution in [3.63, 3.8) is 0 Å². The number of carbonyl (C=O) groups excluding carboxylic acids is 2. The van der Waals surface area contributed by atoms with Crippen molar-refractivity contribution in [3.05, 3.63) is 101 Å². The molecule has 1 N–H and O–H groups in total. The minimum atomic E-state index is -1.24. The molecule has 0 aliphatic heterocycles. The first kappa shape index (κ1) is 20.1. The summed E-state index contributed by atoms with van der Waals surface area (Å²) >= 11 is 0. The third-order valence-electron chi connectivity index (χ3n) is 3.99. The SMILES string of the molecule is CC(C)(O)C#Cc1cc(C(=O)c2ccccc2)ccc1OC(=O)c1ccccc1. The Morgan fingerprint density at radius 3 is 2.00 bits per heavy atom. The van der Waals surface area contributed by atoms with Gasteiger partial charge in [0.05, 0.1) is 11.1 Å². The number of rotatable bonds is 4. The van der Waals surface area contributed by atoms with Crippen molar-refractivity contribution in [3.8, 4) is 17.6 Å². The van der Waals surface area contributed by atoms with Crippen LogP contribution in [0.25, 0.3) is 0 Å². The summed E-state index contributed by atoms with van der Waals surface area (Å²) in [6.07, 6.45) is 0. The van der Waals surface area contributed by atoms with Crippen molar-refractivity contribution in [2.75, 3.05) is 0 Å². The fourth-order valence-corrected chi connectivity index (χ4v) is 2.57. The van der Waals surface area contributed by atoms with Gasteiger partial charge in [0.1, 0.15) is 11.4 Å². The number of hydrogen-bond donors (Lipinski definition) is 1. The highest BCUT2D eigenvalue weighted by Crippen LogP contribution is 2.23. The molecule has 0 saturated heterocycles. The fourth-order valence-electron chi connectivity index (χ4n) is 2.57. The molecule has 144 valence electrons. The second-order valence-corrected chi connectivity index (χ2v) is 6.97. The van der Waals surface area contributed by atoms with Crippen molar-refractivity contribution < 1.29 is 19.4 Å². The topological polar surface area (TPSA) is 63.6 Å². The van der Waals surface area contributed by atoms with Crippen LogP contribution >= 0.6 is 0 Å². The molecule has 3 rings (SSSR count). The molecule has 0 fully saturated rings. The van der Waals surface area contributed by atoms with E-state index in [-0.39, 0.29) is 11.5 Å². The molecule has 29 heavy (non-hydrogen) atoms. The number of aliphatic hydroxyl groups is 1. The lowest BCUT2D eigenvalue weighted by Gasteiger charge is -2.10. The van der Waals surface area contributed by atoms with E-state index in [0.717, 1.165) is 0 Å². The highest BCUT2D eigenvalue weighted by molar-refractivity contribution is 6.09. The Hall–Kier alpha value is -3.68. The summed E-state index contributed by atoms with van der Waals surface area (Å²) in [6, 6.07) is 22.2. The van der Waals surface area contributed by atoms with E-state index >= 15 is 0 Å². The van der Waals surface area contributed by atoms with E-state index in [4.69, 9.17) is 4.74 Å². The maximum absolute atomic E-state index is 12.7. The second-order valence-electron chi connectivity index (χ2n) is 6.97. The largest absolute Gasteiger partial charge is 0.422 e. The molecule has 0 spiro atoms. The van der Waals surface area contributed by atoms with Crippen LogP contribution in [0.4, 0.5) is 0 Å². The van der Waals surface area contributed by atoms with Gasteiger partial charge in [-0.15, -0.1) is 0 Å². The van der Waals surface area contributed by atoms with Crippen LogP contribution in [0.15, 0.2) is 78.9 Å². The molecular formula is C25H20O4. The van der Waals surface area contributed by atoms with Crippen molar-refractivity contribution >= 4 is 11.8 Å². The summed E-state index contributed by atoms with van der Waals surface area (Å²) in [5.74, 6) is 5.05. The Morgan fingerprint density at radius 2 is 1.41 bits per heavy atom. The Labute approximate surface area is 169 Å². The van der Waals surface area contributed by atoms with E-state index in [9.17, 15) is 14.7 Å². The zero-order valence-electron chi connectivity index (χ0n) is 16.2. The summed E-state index contributed by atoms with van der Waals surface area (Å²) in [7, 11) is 0. The van der Waals surface area contributed by atoms with Crippen molar-refractivity contribution in [1.29, 1.82) is 0 Å². The van der Waals surface area contributed by atoms with Gasteiger partial charge in [-0.1, -0.05) is 60.4 Å². The van der Waals surface area contributed by atoms with Gasteiger partial charge < -0.3 is 9.84 Å². The molecule has 3 aromatic carbocycles. The number of ketones is 1. The van der Waals surface area contributed by atoms with Crippen molar-refractivity contribution in [2.24, 2.45) is 0 Å². The summed E-state index contributed by atoms with van der Waals surface area (Å²) in [5, 5.41) is 9.94. The van der Waals surface area contributed by atoms with Crippen LogP contribution in [0, 0.1) is 11.8 Å². The normalized spacial score (nSPS) is 10.6. The van der Waals surface area contributed by atoms with Gasteiger partial charge in [-0.3, -0.25) is 4.79 Å². The van der Waals surface area contributed by atoms with Crippen LogP contribution in [0.1, 0.15) is 45.7 Å². The predicted octanol–water partition coefficient (Wildman–Crippen LogP) is 4.26. The van der Waals surface area contributed by atoms with Gasteiger partial charge in [-0.05, 0) is 44.2 Å². The average Bonchev–Trinajstić information content (AvgIpc) is 2.73. The van der Waals surface area contributed by atoms with Crippen LogP contribution < -0.4 is 4.74 Å². The molecule has 0 atom stereocenters. The van der Waals surface area contributed by atoms with E-state index in [1.54, 1.807) is 86.6 Å². The summed E-state index contributed by atoms with van der Waals surface area (Å²) in [6.45, 7) is 3.10. The molecule has 0 aromatic heterocycles. The lowest BCUT2D eigenvalue weighted by atomic mass is 10.0. The molecule has 0 saturated carbocycles. The second kappa shape index (κ2) is 8.55. The van der Waals surface area contributed by atoms with Crippen LogP contribution in [0.2, 0.25) is 0 Å². The van der Waals surface area contributed by atoms with Gasteiger partial charge in [0.2, 0.25) is 0 Å². The van der Waals surface area contributed by atoms with Crippen molar-refractivity contribution in [2.45, 2.75) is 19.4 Å². The summed E-state index contributed by atoms with van der Waals surface area (Å²) < 4.78 is 5.50. The van der Waals surface area contributed by atoms with Gasteiger partial charge in [0, 0.05) is 11.1 Å². The number of ether oxygens (including phenoxy) is 1. The summed E-state index contributed by atoms with van der Waals surface area (Å²) in [4.78, 5) is 25.2. The lowest BCUT2D eigenvalue weighted by Crippen LogP contribution is -2.15. The van der Waals surface area contributed by atoms with Gasteiger partial charge in [-0.2, -0.15) is 0 Å². The molecule has 0 aliphatic rings. The Morgan fingerprint density at radius 1 is 0.828 bits per heavy atom. The molecule has 0 heterocycles. The van der Waals surface area contributed by atoms with E-state index < -0.39 is 11.6 Å². The van der Waals surface area contributed by atoms with Crippen molar-refractivity contribution in [1.82, 2.24) is 0 Å². The standard InChI is InChI=1S/C25H20O4/c1-25(2,28)16-15-20-17-21(23(26)18-9-5-3-6-10-18)13-14-22(20)29-24(27)19-11-7-4-8-12-19/h3-14,17,28H,1-2H3. The van der Waals surface area contributed by atoms with Gasteiger partial charge in [0.25, 0.3) is 0 Å². The molecule has 0 amide bonds. The van der Waals surface area contributed by atoms with Gasteiger partial charge >= 0.3 is 5.97 Å². The fraction of sp³-hybridized carbons (Fsp3) is 0.120. The summed E-state index contributed by atoms with van der Waals surface area (Å²) in [5.41, 5.74) is 0.468. The molecule has 0 radical (unpaired) electrons. The first-order chi connectivity index (χ1) is 13.8. The predicted molar refractivity (Wildman–Crippen MR) is 111 cm³/mol. The van der Waals surface area contributed by atoms with E-state index in [2.05, 4.69) is 11.8 Å². The van der Waals surface area contributed by atoms with Crippen LogP contribution in [0.3, 0.4) is 0 Å². The van der Waals surface area contributed by atoms with Gasteiger partial charge in [0.15, 0.2) is 5.78 Å². The number of esters is 1.